The van der Waals surface area contributed by atoms with Gasteiger partial charge in [-0.3, -0.25) is 9.59 Å². The van der Waals surface area contributed by atoms with E-state index in [4.69, 9.17) is 18.4 Å². The Morgan fingerprint density at radius 3 is 2.58 bits per heavy atom. The normalized spacial score (nSPS) is 11.8. The number of aryl methyl sites for hydroxylation is 1. The zero-order valence-corrected chi connectivity index (χ0v) is 16.5. The van der Waals surface area contributed by atoms with Crippen LogP contribution in [0.1, 0.15) is 12.7 Å². The minimum atomic E-state index is -0.845. The number of anilines is 1. The number of nitrogens with zero attached hydrogens (tertiary/aromatic N) is 1. The molecule has 0 bridgehead atoms. The number of hydrogen-bond acceptors (Lipinski definition) is 7. The number of amides is 1. The Labute approximate surface area is 175 Å². The van der Waals surface area contributed by atoms with Gasteiger partial charge in [0.25, 0.3) is 5.91 Å². The fourth-order valence-corrected chi connectivity index (χ4v) is 2.78. The fraction of sp³-hybridized carbons (Fsp3) is 0.136. The summed E-state index contributed by atoms with van der Waals surface area (Å²) in [7, 11) is 0. The first-order valence-electron chi connectivity index (χ1n) is 9.29. The molecule has 0 saturated heterocycles. The highest BCUT2D eigenvalue weighted by Gasteiger charge is 2.17. The maximum absolute atomic E-state index is 13.0. The third-order valence-corrected chi connectivity index (χ3v) is 4.32. The summed E-state index contributed by atoms with van der Waals surface area (Å²) in [5, 5.41) is 6.54. The predicted molar refractivity (Wildman–Crippen MR) is 109 cm³/mol. The van der Waals surface area contributed by atoms with Crippen LogP contribution in [-0.2, 0) is 4.79 Å². The quantitative estimate of drug-likeness (QED) is 0.488. The van der Waals surface area contributed by atoms with Crippen LogP contribution in [0.2, 0.25) is 0 Å². The van der Waals surface area contributed by atoms with E-state index in [9.17, 15) is 14.0 Å². The molecule has 8 nitrogen and oxygen atoms in total. The van der Waals surface area contributed by atoms with Crippen LogP contribution in [-0.4, -0.2) is 17.2 Å². The van der Waals surface area contributed by atoms with Crippen molar-refractivity contribution in [3.8, 4) is 17.2 Å². The van der Waals surface area contributed by atoms with Gasteiger partial charge in [0.05, 0.1) is 5.39 Å². The molecule has 0 aliphatic rings. The number of rotatable bonds is 6. The molecule has 0 aliphatic carbocycles. The maximum atomic E-state index is 13.0. The van der Waals surface area contributed by atoms with Crippen molar-refractivity contribution in [2.24, 2.45) is 0 Å². The van der Waals surface area contributed by atoms with Crippen LogP contribution in [0.15, 0.2) is 68.5 Å². The Balaban J connectivity index is 1.49. The lowest BCUT2D eigenvalue weighted by atomic mass is 10.2. The van der Waals surface area contributed by atoms with E-state index in [1.165, 1.54) is 42.7 Å². The molecule has 0 saturated carbocycles. The molecule has 2 aromatic heterocycles. The first-order chi connectivity index (χ1) is 14.9. The Kier molecular flexibility index (Phi) is 5.40. The number of nitrogens with one attached hydrogen (secondary N) is 1. The van der Waals surface area contributed by atoms with E-state index in [2.05, 4.69) is 10.5 Å². The van der Waals surface area contributed by atoms with Gasteiger partial charge in [0, 0.05) is 12.1 Å². The van der Waals surface area contributed by atoms with Gasteiger partial charge in [-0.1, -0.05) is 5.16 Å². The molecule has 158 valence electrons. The predicted octanol–water partition coefficient (Wildman–Crippen LogP) is 4.43. The molecule has 9 heteroatoms. The molecule has 1 amide bonds. The van der Waals surface area contributed by atoms with Crippen LogP contribution in [0.4, 0.5) is 10.2 Å². The Morgan fingerprint density at radius 2 is 1.87 bits per heavy atom. The van der Waals surface area contributed by atoms with Crippen molar-refractivity contribution in [1.82, 2.24) is 5.16 Å². The van der Waals surface area contributed by atoms with E-state index in [0.717, 1.165) is 0 Å². The average Bonchev–Trinajstić information content (AvgIpc) is 3.16. The van der Waals surface area contributed by atoms with Crippen molar-refractivity contribution in [3.05, 3.63) is 76.6 Å². The van der Waals surface area contributed by atoms with Gasteiger partial charge in [0.1, 0.15) is 34.9 Å². The van der Waals surface area contributed by atoms with Crippen molar-refractivity contribution in [2.75, 3.05) is 5.32 Å². The second-order valence-electron chi connectivity index (χ2n) is 6.72. The first-order valence-corrected chi connectivity index (χ1v) is 9.29. The third kappa shape index (κ3) is 4.55. The minimum Gasteiger partial charge on any atom is -0.481 e. The summed E-state index contributed by atoms with van der Waals surface area (Å²) in [4.78, 5) is 24.9. The van der Waals surface area contributed by atoms with Crippen LogP contribution in [0, 0.1) is 12.7 Å². The number of carbonyl (C=O) groups excluding carboxylic acids is 1. The van der Waals surface area contributed by atoms with Gasteiger partial charge in [-0.05, 0) is 50.2 Å². The van der Waals surface area contributed by atoms with Gasteiger partial charge in [-0.15, -0.1) is 0 Å². The van der Waals surface area contributed by atoms with Gasteiger partial charge in [-0.25, -0.2) is 4.39 Å². The van der Waals surface area contributed by atoms with Crippen LogP contribution < -0.4 is 20.2 Å². The zero-order chi connectivity index (χ0) is 22.0. The molecule has 2 heterocycles. The summed E-state index contributed by atoms with van der Waals surface area (Å²) in [5.74, 6) is 0.620. The number of ether oxygens (including phenoxy) is 2. The van der Waals surface area contributed by atoms with Crippen molar-refractivity contribution < 1.29 is 27.6 Å². The van der Waals surface area contributed by atoms with Crippen molar-refractivity contribution in [1.29, 1.82) is 0 Å². The minimum absolute atomic E-state index is 0.0385. The van der Waals surface area contributed by atoms with Crippen molar-refractivity contribution in [3.63, 3.8) is 0 Å². The lowest BCUT2D eigenvalue weighted by Crippen LogP contribution is -2.30. The molecule has 31 heavy (non-hydrogen) atoms. The van der Waals surface area contributed by atoms with Crippen molar-refractivity contribution in [2.45, 2.75) is 20.0 Å². The molecular weight excluding hydrogens is 407 g/mol. The van der Waals surface area contributed by atoms with E-state index in [0.29, 0.717) is 17.3 Å². The Hall–Kier alpha value is -4.14. The highest BCUT2D eigenvalue weighted by molar-refractivity contribution is 5.93. The molecule has 4 rings (SSSR count). The summed E-state index contributed by atoms with van der Waals surface area (Å²) < 4.78 is 34.5. The standard InChI is InChI=1S/C22H17FN2O6/c1-12-9-20(25-31-12)24-22(27)13(2)29-16-7-8-17-18(10-16)28-11-19(21(17)26)30-15-5-3-14(23)4-6-15/h3-11,13H,1-2H3,(H,24,25,27). The molecule has 1 unspecified atom stereocenters. The molecule has 0 aliphatic heterocycles. The van der Waals surface area contributed by atoms with Crippen LogP contribution in [0.25, 0.3) is 11.0 Å². The molecule has 2 aromatic carbocycles. The van der Waals surface area contributed by atoms with Gasteiger partial charge in [0.15, 0.2) is 11.9 Å². The lowest BCUT2D eigenvalue weighted by molar-refractivity contribution is -0.122. The van der Waals surface area contributed by atoms with Gasteiger partial charge in [-0.2, -0.15) is 0 Å². The molecule has 4 aromatic rings. The number of benzene rings is 2. The summed E-state index contributed by atoms with van der Waals surface area (Å²) in [6.45, 7) is 3.28. The smallest absolute Gasteiger partial charge is 0.266 e. The first kappa shape index (κ1) is 20.1. The van der Waals surface area contributed by atoms with Gasteiger partial charge >= 0.3 is 0 Å². The monoisotopic (exact) mass is 424 g/mol. The van der Waals surface area contributed by atoms with E-state index >= 15 is 0 Å². The van der Waals surface area contributed by atoms with E-state index in [1.54, 1.807) is 26.0 Å². The molecular formula is C22H17FN2O6. The molecule has 0 fully saturated rings. The molecule has 1 atom stereocenters. The summed E-state index contributed by atoms with van der Waals surface area (Å²) in [6.07, 6.45) is 0.322. The highest BCUT2D eigenvalue weighted by atomic mass is 19.1. The van der Waals surface area contributed by atoms with E-state index in [1.807, 2.05) is 0 Å². The van der Waals surface area contributed by atoms with Crippen LogP contribution >= 0.6 is 0 Å². The summed E-state index contributed by atoms with van der Waals surface area (Å²) in [5.41, 5.74) is -0.141. The Morgan fingerprint density at radius 1 is 1.13 bits per heavy atom. The topological polar surface area (TPSA) is 104 Å². The summed E-state index contributed by atoms with van der Waals surface area (Å²) in [6, 6.07) is 11.4. The fourth-order valence-electron chi connectivity index (χ4n) is 2.78. The maximum Gasteiger partial charge on any atom is 0.266 e. The van der Waals surface area contributed by atoms with Gasteiger partial charge < -0.3 is 23.7 Å². The van der Waals surface area contributed by atoms with E-state index < -0.39 is 23.3 Å². The number of halogens is 1. The Bertz CT molecular complexity index is 1300. The lowest BCUT2D eigenvalue weighted by Gasteiger charge is -2.14. The average molecular weight is 424 g/mol. The second-order valence-corrected chi connectivity index (χ2v) is 6.72. The third-order valence-electron chi connectivity index (χ3n) is 4.32. The molecule has 0 radical (unpaired) electrons. The van der Waals surface area contributed by atoms with Crippen molar-refractivity contribution >= 4 is 22.7 Å². The largest absolute Gasteiger partial charge is 0.481 e. The number of hydrogen-bond donors (Lipinski definition) is 1. The summed E-state index contributed by atoms with van der Waals surface area (Å²) >= 11 is 0. The van der Waals surface area contributed by atoms with Gasteiger partial charge in [0.2, 0.25) is 11.2 Å². The SMILES string of the molecule is Cc1cc(NC(=O)C(C)Oc2ccc3c(=O)c(Oc4ccc(F)cc4)coc3c2)no1. The number of carbonyl (C=O) groups is 1. The number of fused-ring (bicyclic) bond motifs is 1. The number of aromatic nitrogens is 1. The van der Waals surface area contributed by atoms with Crippen LogP contribution in [0.5, 0.6) is 17.2 Å². The zero-order valence-electron chi connectivity index (χ0n) is 16.5. The molecule has 1 N–H and O–H groups in total. The van der Waals surface area contributed by atoms with Crippen LogP contribution in [0.3, 0.4) is 0 Å². The van der Waals surface area contributed by atoms with E-state index in [-0.39, 0.29) is 22.5 Å². The second kappa shape index (κ2) is 8.31. The molecule has 0 spiro atoms. The highest BCUT2D eigenvalue weighted by Crippen LogP contribution is 2.25.